The van der Waals surface area contributed by atoms with Crippen LogP contribution < -0.4 is 4.72 Å². The highest BCUT2D eigenvalue weighted by atomic mass is 32.2. The van der Waals surface area contributed by atoms with Gasteiger partial charge >= 0.3 is 0 Å². The Morgan fingerprint density at radius 1 is 1.18 bits per heavy atom. The molecule has 2 heterocycles. The number of hydrogen-bond donors (Lipinski definition) is 3. The van der Waals surface area contributed by atoms with Crippen molar-refractivity contribution >= 4 is 21.4 Å². The van der Waals surface area contributed by atoms with Crippen molar-refractivity contribution < 1.29 is 23.4 Å². The van der Waals surface area contributed by atoms with E-state index < -0.39 is 34.4 Å². The normalized spacial score (nSPS) is 25.4. The molecule has 1 aliphatic rings. The summed E-state index contributed by atoms with van der Waals surface area (Å²) in [5.41, 5.74) is 1.18. The van der Waals surface area contributed by atoms with Gasteiger partial charge in [-0.3, -0.25) is 4.90 Å². The molecule has 0 radical (unpaired) electrons. The van der Waals surface area contributed by atoms with E-state index in [2.05, 4.69) is 4.72 Å². The number of nitrogens with zero attached hydrogens (tertiary/aromatic N) is 1. The van der Waals surface area contributed by atoms with Crippen molar-refractivity contribution in [3.8, 4) is 0 Å². The lowest BCUT2D eigenvalue weighted by molar-refractivity contribution is -0.0201. The summed E-state index contributed by atoms with van der Waals surface area (Å²) in [6, 6.07) is 12.8. The van der Waals surface area contributed by atoms with Crippen LogP contribution in [0, 0.1) is 0 Å². The molecule has 0 amide bonds. The van der Waals surface area contributed by atoms with Gasteiger partial charge in [0.1, 0.15) is 16.4 Å². The first-order valence-corrected chi connectivity index (χ1v) is 11.5. The monoisotopic (exact) mass is 426 g/mol. The van der Waals surface area contributed by atoms with Crippen LogP contribution in [0.5, 0.6) is 0 Å². The minimum atomic E-state index is -3.62. The Bertz CT molecular complexity index is 829. The Kier molecular flexibility index (Phi) is 7.21. The molecular formula is C19H26N2O5S2. The molecule has 4 atom stereocenters. The van der Waals surface area contributed by atoms with Crippen molar-refractivity contribution in [1.29, 1.82) is 0 Å². The summed E-state index contributed by atoms with van der Waals surface area (Å²) in [5.74, 6) is 0. The smallest absolute Gasteiger partial charge is 0.250 e. The SMILES string of the molecule is CN(CCc1ccccc1)C1C(CNS(=O)(=O)c2cccs2)OC(CO)C1O. The maximum Gasteiger partial charge on any atom is 0.250 e. The standard InChI is InChI=1S/C19H26N2O5S2/c1-21(10-9-14-6-3-2-4-7-14)18-15(26-16(13-22)19(18)23)12-20-28(24,25)17-8-5-11-27-17/h2-8,11,15-16,18-20,22-23H,9-10,12-13H2,1H3. The van der Waals surface area contributed by atoms with Crippen molar-refractivity contribution in [1.82, 2.24) is 9.62 Å². The Hall–Kier alpha value is -1.33. The van der Waals surface area contributed by atoms with Gasteiger partial charge in [-0.25, -0.2) is 13.1 Å². The van der Waals surface area contributed by atoms with Gasteiger partial charge in [0, 0.05) is 13.1 Å². The molecule has 0 bridgehead atoms. The van der Waals surface area contributed by atoms with Gasteiger partial charge in [-0.05, 0) is 30.5 Å². The van der Waals surface area contributed by atoms with Crippen LogP contribution in [0.4, 0.5) is 0 Å². The van der Waals surface area contributed by atoms with E-state index in [-0.39, 0.29) is 17.4 Å². The first kappa shape index (κ1) is 21.4. The van der Waals surface area contributed by atoms with Gasteiger partial charge in [0.15, 0.2) is 0 Å². The van der Waals surface area contributed by atoms with Crippen molar-refractivity contribution in [2.75, 3.05) is 26.7 Å². The van der Waals surface area contributed by atoms with Crippen LogP contribution in [0.25, 0.3) is 0 Å². The number of aliphatic hydroxyl groups excluding tert-OH is 2. The van der Waals surface area contributed by atoms with Crippen LogP contribution in [0.15, 0.2) is 52.1 Å². The number of likely N-dealkylation sites (N-methyl/N-ethyl adjacent to an activating group) is 1. The van der Waals surface area contributed by atoms with Crippen molar-refractivity contribution in [2.24, 2.45) is 0 Å². The summed E-state index contributed by atoms with van der Waals surface area (Å²) in [6.45, 7) is 0.369. The number of aliphatic hydroxyl groups is 2. The number of hydrogen-bond acceptors (Lipinski definition) is 7. The van der Waals surface area contributed by atoms with E-state index >= 15 is 0 Å². The molecule has 1 fully saturated rings. The number of ether oxygens (including phenoxy) is 1. The van der Waals surface area contributed by atoms with E-state index in [1.54, 1.807) is 11.4 Å². The third-order valence-electron chi connectivity index (χ3n) is 4.98. The van der Waals surface area contributed by atoms with E-state index in [9.17, 15) is 18.6 Å². The maximum atomic E-state index is 12.4. The molecule has 0 spiro atoms. The molecular weight excluding hydrogens is 400 g/mol. The number of sulfonamides is 1. The molecule has 0 aliphatic carbocycles. The van der Waals surface area contributed by atoms with Crippen LogP contribution in [0.2, 0.25) is 0 Å². The Morgan fingerprint density at radius 2 is 1.93 bits per heavy atom. The summed E-state index contributed by atoms with van der Waals surface area (Å²) >= 11 is 1.14. The summed E-state index contributed by atoms with van der Waals surface area (Å²) < 4.78 is 33.3. The predicted octanol–water partition coefficient (Wildman–Crippen LogP) is 0.690. The molecule has 4 unspecified atom stereocenters. The average molecular weight is 427 g/mol. The molecule has 154 valence electrons. The van der Waals surface area contributed by atoms with Crippen LogP contribution >= 0.6 is 11.3 Å². The second-order valence-electron chi connectivity index (χ2n) is 6.88. The highest BCUT2D eigenvalue weighted by Gasteiger charge is 2.45. The number of thiophene rings is 1. The zero-order valence-corrected chi connectivity index (χ0v) is 17.3. The van der Waals surface area contributed by atoms with Crippen LogP contribution in [-0.4, -0.2) is 74.6 Å². The number of nitrogens with one attached hydrogen (secondary N) is 1. The van der Waals surface area contributed by atoms with Crippen LogP contribution in [0.3, 0.4) is 0 Å². The third kappa shape index (κ3) is 4.98. The first-order valence-electron chi connectivity index (χ1n) is 9.14. The molecule has 0 saturated carbocycles. The van der Waals surface area contributed by atoms with E-state index in [0.29, 0.717) is 6.54 Å². The molecule has 3 rings (SSSR count). The lowest BCUT2D eigenvalue weighted by Gasteiger charge is -2.30. The zero-order valence-electron chi connectivity index (χ0n) is 15.6. The summed E-state index contributed by atoms with van der Waals surface area (Å²) in [6.07, 6.45) is -1.41. The van der Waals surface area contributed by atoms with E-state index in [1.807, 2.05) is 42.3 Å². The van der Waals surface area contributed by atoms with Gasteiger partial charge in [-0.2, -0.15) is 0 Å². The molecule has 1 aliphatic heterocycles. The molecule has 1 aromatic heterocycles. The topological polar surface area (TPSA) is 99.1 Å². The molecule has 7 nitrogen and oxygen atoms in total. The van der Waals surface area contributed by atoms with Gasteiger partial charge in [0.25, 0.3) is 0 Å². The van der Waals surface area contributed by atoms with E-state index in [0.717, 1.165) is 17.8 Å². The lowest BCUT2D eigenvalue weighted by atomic mass is 10.0. The lowest BCUT2D eigenvalue weighted by Crippen LogP contribution is -2.50. The molecule has 2 aromatic rings. The quantitative estimate of drug-likeness (QED) is 0.546. The third-order valence-corrected chi connectivity index (χ3v) is 7.80. The minimum Gasteiger partial charge on any atom is -0.394 e. The zero-order chi connectivity index (χ0) is 20.1. The van der Waals surface area contributed by atoms with Crippen LogP contribution in [-0.2, 0) is 21.2 Å². The fraction of sp³-hybridized carbons (Fsp3) is 0.474. The van der Waals surface area contributed by atoms with Gasteiger partial charge in [0.2, 0.25) is 10.0 Å². The molecule has 1 saturated heterocycles. The van der Waals surface area contributed by atoms with Gasteiger partial charge in [0.05, 0.1) is 18.8 Å². The molecule has 1 aromatic carbocycles. The Labute approximate surface area is 169 Å². The maximum absolute atomic E-state index is 12.4. The second kappa shape index (κ2) is 9.45. The Balaban J connectivity index is 1.65. The van der Waals surface area contributed by atoms with Crippen molar-refractivity contribution in [3.63, 3.8) is 0 Å². The largest absolute Gasteiger partial charge is 0.394 e. The first-order chi connectivity index (χ1) is 13.4. The second-order valence-corrected chi connectivity index (χ2v) is 9.82. The van der Waals surface area contributed by atoms with Crippen LogP contribution in [0.1, 0.15) is 5.56 Å². The summed E-state index contributed by atoms with van der Waals surface area (Å²) in [5, 5.41) is 21.8. The highest BCUT2D eigenvalue weighted by Crippen LogP contribution is 2.26. The average Bonchev–Trinajstić information content (AvgIpc) is 3.34. The molecule has 9 heteroatoms. The summed E-state index contributed by atoms with van der Waals surface area (Å²) in [4.78, 5) is 1.97. The van der Waals surface area contributed by atoms with Gasteiger partial charge < -0.3 is 14.9 Å². The van der Waals surface area contributed by atoms with E-state index in [4.69, 9.17) is 4.74 Å². The van der Waals surface area contributed by atoms with Crippen molar-refractivity contribution in [2.45, 2.75) is 35.0 Å². The fourth-order valence-corrected chi connectivity index (χ4v) is 5.55. The number of benzene rings is 1. The molecule has 28 heavy (non-hydrogen) atoms. The van der Waals surface area contributed by atoms with E-state index in [1.165, 1.54) is 11.6 Å². The molecule has 3 N–H and O–H groups in total. The summed E-state index contributed by atoms with van der Waals surface area (Å²) in [7, 11) is -1.75. The van der Waals surface area contributed by atoms with Gasteiger partial charge in [-0.1, -0.05) is 36.4 Å². The fourth-order valence-electron chi connectivity index (χ4n) is 3.47. The highest BCUT2D eigenvalue weighted by molar-refractivity contribution is 7.91. The van der Waals surface area contributed by atoms with Crippen molar-refractivity contribution in [3.05, 3.63) is 53.4 Å². The van der Waals surface area contributed by atoms with Gasteiger partial charge in [-0.15, -0.1) is 11.3 Å². The number of rotatable bonds is 9. The predicted molar refractivity (Wildman–Crippen MR) is 108 cm³/mol. The Morgan fingerprint density at radius 3 is 2.57 bits per heavy atom. The minimum absolute atomic E-state index is 0.0220.